The average Bonchev–Trinajstić information content (AvgIpc) is 3.46. The summed E-state index contributed by atoms with van der Waals surface area (Å²) >= 11 is 1.78. The van der Waals surface area contributed by atoms with Gasteiger partial charge in [-0.2, -0.15) is 4.98 Å². The summed E-state index contributed by atoms with van der Waals surface area (Å²) in [5.41, 5.74) is 0.207. The maximum absolute atomic E-state index is 11.7. The number of benzene rings is 2. The molecule has 0 radical (unpaired) electrons. The summed E-state index contributed by atoms with van der Waals surface area (Å²) in [6.07, 6.45) is -0.131. The zero-order chi connectivity index (χ0) is 22.6. The molecule has 168 valence electrons. The molecule has 1 unspecified atom stereocenters. The quantitative estimate of drug-likeness (QED) is 0.372. The van der Waals surface area contributed by atoms with Crippen LogP contribution in [0.3, 0.4) is 0 Å². The van der Waals surface area contributed by atoms with Gasteiger partial charge in [-0.3, -0.25) is 0 Å². The molecule has 1 saturated heterocycles. The Bertz CT molecular complexity index is 1040. The highest BCUT2D eigenvalue weighted by molar-refractivity contribution is 7.99. The molecule has 1 fully saturated rings. The molecule has 0 spiro atoms. The number of alkyl carbamates (subject to hydrolysis) is 1. The van der Waals surface area contributed by atoms with E-state index >= 15 is 0 Å². The molecule has 0 bridgehead atoms. The first-order valence-corrected chi connectivity index (χ1v) is 11.2. The van der Waals surface area contributed by atoms with Crippen molar-refractivity contribution in [3.8, 4) is 22.9 Å². The normalized spacial score (nSPS) is 15.3. The molecule has 2 heterocycles. The first kappa shape index (κ1) is 22.2. The highest BCUT2D eigenvalue weighted by Gasteiger charge is 2.22. The van der Waals surface area contributed by atoms with Gasteiger partial charge in [0, 0.05) is 16.2 Å². The highest BCUT2D eigenvalue weighted by Crippen LogP contribution is 2.28. The number of nitrogens with one attached hydrogen (secondary N) is 1. The van der Waals surface area contributed by atoms with Gasteiger partial charge in [0.2, 0.25) is 11.7 Å². The van der Waals surface area contributed by atoms with E-state index in [2.05, 4.69) is 15.5 Å². The van der Waals surface area contributed by atoms with Gasteiger partial charge >= 0.3 is 6.09 Å². The number of epoxide rings is 1. The fraction of sp³-hybridized carbons (Fsp3) is 0.348. The monoisotopic (exact) mass is 455 g/mol. The summed E-state index contributed by atoms with van der Waals surface area (Å²) in [5, 5.41) is 6.56. The van der Waals surface area contributed by atoms with Crippen molar-refractivity contribution < 1.29 is 23.5 Å². The van der Waals surface area contributed by atoms with Crippen molar-refractivity contribution in [2.75, 3.05) is 12.4 Å². The van der Waals surface area contributed by atoms with E-state index in [1.54, 1.807) is 32.5 Å². The third kappa shape index (κ3) is 6.73. The predicted molar refractivity (Wildman–Crippen MR) is 120 cm³/mol. The minimum absolute atomic E-state index is 0.0884. The lowest BCUT2D eigenvalue weighted by Crippen LogP contribution is -2.32. The van der Waals surface area contributed by atoms with Gasteiger partial charge in [0.05, 0.1) is 12.7 Å². The van der Waals surface area contributed by atoms with Gasteiger partial charge in [-0.05, 0) is 69.3 Å². The summed E-state index contributed by atoms with van der Waals surface area (Å²) in [6.45, 7) is 6.35. The highest BCUT2D eigenvalue weighted by atomic mass is 32.2. The molecule has 2 aromatic carbocycles. The summed E-state index contributed by atoms with van der Waals surface area (Å²) in [4.78, 5) is 17.2. The first-order chi connectivity index (χ1) is 15.3. The Morgan fingerprint density at radius 3 is 2.41 bits per heavy atom. The lowest BCUT2D eigenvalue weighted by Gasteiger charge is -2.19. The maximum Gasteiger partial charge on any atom is 0.408 e. The van der Waals surface area contributed by atoms with E-state index in [1.807, 2.05) is 48.5 Å². The van der Waals surface area contributed by atoms with Crippen LogP contribution in [-0.2, 0) is 16.0 Å². The SMILES string of the molecule is CC(C)(C)OC(=O)NCc1nc(-c2ccc(Oc3ccc(SCC4CO4)cc3)cc2)no1. The Labute approximate surface area is 190 Å². The number of amides is 1. The fourth-order valence-electron chi connectivity index (χ4n) is 2.67. The van der Waals surface area contributed by atoms with Gasteiger partial charge in [0.1, 0.15) is 23.6 Å². The molecule has 3 aromatic rings. The zero-order valence-corrected chi connectivity index (χ0v) is 19.0. The lowest BCUT2D eigenvalue weighted by molar-refractivity contribution is 0.0518. The number of thioether (sulfide) groups is 1. The number of carbonyl (C=O) groups is 1. The van der Waals surface area contributed by atoms with E-state index in [-0.39, 0.29) is 12.4 Å². The van der Waals surface area contributed by atoms with Gasteiger partial charge in [0.25, 0.3) is 0 Å². The fourth-order valence-corrected chi connectivity index (χ4v) is 3.57. The maximum atomic E-state index is 11.7. The zero-order valence-electron chi connectivity index (χ0n) is 18.2. The van der Waals surface area contributed by atoms with Crippen LogP contribution in [0.1, 0.15) is 26.7 Å². The van der Waals surface area contributed by atoms with Crippen molar-refractivity contribution in [3.63, 3.8) is 0 Å². The molecular weight excluding hydrogens is 430 g/mol. The number of hydrogen-bond acceptors (Lipinski definition) is 8. The molecule has 32 heavy (non-hydrogen) atoms. The molecule has 1 aromatic heterocycles. The van der Waals surface area contributed by atoms with Gasteiger partial charge in [0.15, 0.2) is 0 Å². The third-order valence-electron chi connectivity index (χ3n) is 4.26. The van der Waals surface area contributed by atoms with Crippen molar-refractivity contribution in [2.45, 2.75) is 43.9 Å². The van der Waals surface area contributed by atoms with Crippen LogP contribution in [0.5, 0.6) is 11.5 Å². The van der Waals surface area contributed by atoms with Crippen LogP contribution in [0.15, 0.2) is 57.9 Å². The molecule has 8 nitrogen and oxygen atoms in total. The molecule has 1 amide bonds. The molecule has 1 aliphatic rings. The second-order valence-corrected chi connectivity index (χ2v) is 9.32. The van der Waals surface area contributed by atoms with Crippen LogP contribution in [0, 0.1) is 0 Å². The number of hydrogen-bond donors (Lipinski definition) is 1. The number of aromatic nitrogens is 2. The third-order valence-corrected chi connectivity index (χ3v) is 5.41. The van der Waals surface area contributed by atoms with Crippen molar-refractivity contribution >= 4 is 17.9 Å². The molecule has 9 heteroatoms. The summed E-state index contributed by atoms with van der Waals surface area (Å²) < 4.78 is 21.5. The van der Waals surface area contributed by atoms with Gasteiger partial charge in [-0.25, -0.2) is 4.79 Å². The van der Waals surface area contributed by atoms with E-state index in [1.165, 1.54) is 4.90 Å². The Morgan fingerprint density at radius 1 is 1.12 bits per heavy atom. The van der Waals surface area contributed by atoms with Gasteiger partial charge in [-0.15, -0.1) is 11.8 Å². The summed E-state index contributed by atoms with van der Waals surface area (Å²) in [5.74, 6) is 3.17. The topological polar surface area (TPSA) is 99.0 Å². The molecule has 1 aliphatic heterocycles. The number of ether oxygens (including phenoxy) is 3. The molecule has 0 aliphatic carbocycles. The lowest BCUT2D eigenvalue weighted by atomic mass is 10.2. The molecule has 1 N–H and O–H groups in total. The van der Waals surface area contributed by atoms with E-state index < -0.39 is 11.7 Å². The van der Waals surface area contributed by atoms with Crippen LogP contribution in [0.4, 0.5) is 4.79 Å². The molecule has 4 rings (SSSR count). The summed E-state index contributed by atoms with van der Waals surface area (Å²) in [6, 6.07) is 15.4. The number of nitrogens with zero attached hydrogens (tertiary/aromatic N) is 2. The van der Waals surface area contributed by atoms with Gasteiger partial charge in [-0.1, -0.05) is 5.16 Å². The Balaban J connectivity index is 1.29. The van der Waals surface area contributed by atoms with Crippen molar-refractivity contribution in [3.05, 3.63) is 54.4 Å². The Morgan fingerprint density at radius 2 is 1.78 bits per heavy atom. The minimum Gasteiger partial charge on any atom is -0.457 e. The van der Waals surface area contributed by atoms with Crippen molar-refractivity contribution in [1.29, 1.82) is 0 Å². The van der Waals surface area contributed by atoms with Crippen molar-refractivity contribution in [2.24, 2.45) is 0 Å². The van der Waals surface area contributed by atoms with Crippen LogP contribution >= 0.6 is 11.8 Å². The Hall–Kier alpha value is -3.04. The smallest absolute Gasteiger partial charge is 0.408 e. The van der Waals surface area contributed by atoms with Crippen molar-refractivity contribution in [1.82, 2.24) is 15.5 Å². The second kappa shape index (κ2) is 9.62. The van der Waals surface area contributed by atoms with E-state index in [0.717, 1.165) is 23.7 Å². The number of rotatable bonds is 8. The standard InChI is InChI=1S/C23H25N3O5S/c1-23(2,3)30-22(27)24-12-20-25-21(26-31-20)15-4-6-16(7-5-15)29-17-8-10-19(11-9-17)32-14-18-13-28-18/h4-11,18H,12-14H2,1-3H3,(H,24,27). The second-order valence-electron chi connectivity index (χ2n) is 8.23. The molecular formula is C23H25N3O5S. The Kier molecular flexibility index (Phi) is 6.66. The van der Waals surface area contributed by atoms with Crippen LogP contribution in [0.2, 0.25) is 0 Å². The van der Waals surface area contributed by atoms with Crippen LogP contribution in [-0.4, -0.2) is 40.3 Å². The van der Waals surface area contributed by atoms with E-state index in [0.29, 0.717) is 17.7 Å². The average molecular weight is 456 g/mol. The number of carbonyl (C=O) groups excluding carboxylic acids is 1. The van der Waals surface area contributed by atoms with E-state index in [4.69, 9.17) is 18.7 Å². The van der Waals surface area contributed by atoms with Gasteiger partial charge < -0.3 is 24.1 Å². The van der Waals surface area contributed by atoms with E-state index in [9.17, 15) is 4.79 Å². The first-order valence-electron chi connectivity index (χ1n) is 10.3. The minimum atomic E-state index is -0.569. The molecule has 1 atom stereocenters. The summed E-state index contributed by atoms with van der Waals surface area (Å²) in [7, 11) is 0. The molecule has 0 saturated carbocycles. The predicted octanol–water partition coefficient (Wildman–Crippen LogP) is 5.04. The van der Waals surface area contributed by atoms with Crippen LogP contribution in [0.25, 0.3) is 11.4 Å². The van der Waals surface area contributed by atoms with Crippen LogP contribution < -0.4 is 10.1 Å². The largest absolute Gasteiger partial charge is 0.457 e.